The summed E-state index contributed by atoms with van der Waals surface area (Å²) in [5.74, 6) is 0. The summed E-state index contributed by atoms with van der Waals surface area (Å²) >= 11 is 0. The molecular formula is C14H32N2. The molecule has 0 saturated carbocycles. The lowest BCUT2D eigenvalue weighted by atomic mass is 10.1. The Morgan fingerprint density at radius 3 is 2.06 bits per heavy atom. The Kier molecular flexibility index (Phi) is 11.3. The summed E-state index contributed by atoms with van der Waals surface area (Å²) in [5, 5.41) is 3.47. The smallest absolute Gasteiger partial charge is 0.00386 e. The Morgan fingerprint density at radius 1 is 0.938 bits per heavy atom. The predicted octanol–water partition coefficient (Wildman–Crippen LogP) is 3.28. The molecule has 0 aliphatic carbocycles. The van der Waals surface area contributed by atoms with Crippen LogP contribution in [0.5, 0.6) is 0 Å². The van der Waals surface area contributed by atoms with Gasteiger partial charge >= 0.3 is 0 Å². The van der Waals surface area contributed by atoms with Crippen LogP contribution in [0.25, 0.3) is 0 Å². The van der Waals surface area contributed by atoms with Crippen molar-refractivity contribution >= 4 is 0 Å². The number of hydrogen-bond acceptors (Lipinski definition) is 2. The minimum Gasteiger partial charge on any atom is -0.315 e. The molecule has 0 amide bonds. The van der Waals surface area contributed by atoms with Crippen LogP contribution >= 0.6 is 0 Å². The van der Waals surface area contributed by atoms with E-state index < -0.39 is 0 Å². The van der Waals surface area contributed by atoms with Crippen molar-refractivity contribution in [2.45, 2.75) is 65.8 Å². The van der Waals surface area contributed by atoms with Gasteiger partial charge < -0.3 is 10.2 Å². The van der Waals surface area contributed by atoms with Crippen LogP contribution in [0.3, 0.4) is 0 Å². The van der Waals surface area contributed by atoms with E-state index in [2.05, 4.69) is 37.9 Å². The molecule has 1 N–H and O–H groups in total. The van der Waals surface area contributed by atoms with Crippen molar-refractivity contribution in [3.05, 3.63) is 0 Å². The molecule has 0 heterocycles. The summed E-state index contributed by atoms with van der Waals surface area (Å²) in [6, 6.07) is 0.691. The zero-order valence-electron chi connectivity index (χ0n) is 11.9. The van der Waals surface area contributed by atoms with Crippen molar-refractivity contribution in [3.63, 3.8) is 0 Å². The second-order valence-corrected chi connectivity index (χ2v) is 4.80. The molecular weight excluding hydrogens is 196 g/mol. The Balaban J connectivity index is 3.45. The van der Waals surface area contributed by atoms with Crippen LogP contribution in [0.15, 0.2) is 0 Å². The summed E-state index contributed by atoms with van der Waals surface area (Å²) in [6.07, 6.45) is 6.61. The fraction of sp³-hybridized carbons (Fsp3) is 1.00. The summed E-state index contributed by atoms with van der Waals surface area (Å²) in [5.41, 5.74) is 0. The molecule has 2 nitrogen and oxygen atoms in total. The summed E-state index contributed by atoms with van der Waals surface area (Å²) in [4.78, 5) is 2.61. The maximum absolute atomic E-state index is 3.47. The van der Waals surface area contributed by atoms with Crippen molar-refractivity contribution in [1.82, 2.24) is 10.2 Å². The van der Waals surface area contributed by atoms with E-state index in [1.165, 1.54) is 51.7 Å². The minimum atomic E-state index is 0.691. The van der Waals surface area contributed by atoms with Crippen LogP contribution in [-0.4, -0.2) is 37.1 Å². The SMILES string of the molecule is CCCN(CCC)CCCCC(C)NCC. The van der Waals surface area contributed by atoms with Gasteiger partial charge in [0.2, 0.25) is 0 Å². The second-order valence-electron chi connectivity index (χ2n) is 4.80. The molecule has 0 bridgehead atoms. The van der Waals surface area contributed by atoms with Crippen LogP contribution < -0.4 is 5.32 Å². The average Bonchev–Trinajstić information content (AvgIpc) is 2.25. The van der Waals surface area contributed by atoms with Gasteiger partial charge in [0, 0.05) is 6.04 Å². The zero-order valence-corrected chi connectivity index (χ0v) is 11.9. The van der Waals surface area contributed by atoms with Gasteiger partial charge in [-0.3, -0.25) is 0 Å². The molecule has 0 saturated heterocycles. The fourth-order valence-electron chi connectivity index (χ4n) is 2.20. The highest BCUT2D eigenvalue weighted by molar-refractivity contribution is 4.61. The van der Waals surface area contributed by atoms with E-state index in [1.54, 1.807) is 0 Å². The molecule has 1 unspecified atom stereocenters. The van der Waals surface area contributed by atoms with Crippen LogP contribution in [0.2, 0.25) is 0 Å². The Morgan fingerprint density at radius 2 is 1.56 bits per heavy atom. The quantitative estimate of drug-likeness (QED) is 0.546. The first-order valence-corrected chi connectivity index (χ1v) is 7.20. The third-order valence-corrected chi connectivity index (χ3v) is 2.99. The number of rotatable bonds is 11. The van der Waals surface area contributed by atoms with Gasteiger partial charge in [0.1, 0.15) is 0 Å². The zero-order chi connectivity index (χ0) is 12.2. The highest BCUT2D eigenvalue weighted by Crippen LogP contribution is 2.03. The normalized spacial score (nSPS) is 13.3. The molecule has 0 radical (unpaired) electrons. The van der Waals surface area contributed by atoms with E-state index in [9.17, 15) is 0 Å². The van der Waals surface area contributed by atoms with Gasteiger partial charge in [0.15, 0.2) is 0 Å². The average molecular weight is 228 g/mol. The first-order valence-electron chi connectivity index (χ1n) is 7.20. The lowest BCUT2D eigenvalue weighted by Gasteiger charge is -2.21. The molecule has 0 aromatic heterocycles. The highest BCUT2D eigenvalue weighted by atomic mass is 15.1. The molecule has 16 heavy (non-hydrogen) atoms. The Bertz CT molecular complexity index is 131. The largest absolute Gasteiger partial charge is 0.315 e. The molecule has 0 fully saturated rings. The first-order chi connectivity index (χ1) is 7.74. The first kappa shape index (κ1) is 15.9. The summed E-state index contributed by atoms with van der Waals surface area (Å²) in [7, 11) is 0. The van der Waals surface area contributed by atoms with Crippen LogP contribution in [0, 0.1) is 0 Å². The fourth-order valence-corrected chi connectivity index (χ4v) is 2.20. The van der Waals surface area contributed by atoms with Crippen LogP contribution in [0.1, 0.15) is 59.8 Å². The molecule has 0 spiro atoms. The van der Waals surface area contributed by atoms with Crippen molar-refractivity contribution in [2.24, 2.45) is 0 Å². The van der Waals surface area contributed by atoms with Crippen molar-refractivity contribution in [1.29, 1.82) is 0 Å². The van der Waals surface area contributed by atoms with Gasteiger partial charge in [-0.2, -0.15) is 0 Å². The third-order valence-electron chi connectivity index (χ3n) is 2.99. The van der Waals surface area contributed by atoms with Gasteiger partial charge in [-0.1, -0.05) is 27.2 Å². The van der Waals surface area contributed by atoms with E-state index in [0.717, 1.165) is 6.54 Å². The van der Waals surface area contributed by atoms with E-state index in [4.69, 9.17) is 0 Å². The molecule has 0 aliphatic rings. The van der Waals surface area contributed by atoms with E-state index in [0.29, 0.717) is 6.04 Å². The van der Waals surface area contributed by atoms with E-state index >= 15 is 0 Å². The molecule has 0 rings (SSSR count). The number of nitrogens with one attached hydrogen (secondary N) is 1. The predicted molar refractivity (Wildman–Crippen MR) is 74.0 cm³/mol. The molecule has 1 atom stereocenters. The monoisotopic (exact) mass is 228 g/mol. The maximum atomic E-state index is 3.47. The number of hydrogen-bond donors (Lipinski definition) is 1. The lowest BCUT2D eigenvalue weighted by Crippen LogP contribution is -2.28. The lowest BCUT2D eigenvalue weighted by molar-refractivity contribution is 0.266. The molecule has 0 aromatic carbocycles. The molecule has 0 aromatic rings. The van der Waals surface area contributed by atoms with Crippen LogP contribution in [0.4, 0.5) is 0 Å². The van der Waals surface area contributed by atoms with Gasteiger partial charge in [0.05, 0.1) is 0 Å². The topological polar surface area (TPSA) is 15.3 Å². The molecule has 0 aliphatic heterocycles. The van der Waals surface area contributed by atoms with Gasteiger partial charge in [-0.25, -0.2) is 0 Å². The second kappa shape index (κ2) is 11.4. The summed E-state index contributed by atoms with van der Waals surface area (Å²) < 4.78 is 0. The minimum absolute atomic E-state index is 0.691. The standard InChI is InChI=1S/C14H32N2/c1-5-11-16(12-6-2)13-9-8-10-14(4)15-7-3/h14-15H,5-13H2,1-4H3. The highest BCUT2D eigenvalue weighted by Gasteiger charge is 2.03. The Hall–Kier alpha value is -0.0800. The number of unbranched alkanes of at least 4 members (excludes halogenated alkanes) is 1. The number of nitrogens with zero attached hydrogens (tertiary/aromatic N) is 1. The van der Waals surface area contributed by atoms with Gasteiger partial charge in [-0.05, 0) is 58.8 Å². The third kappa shape index (κ3) is 9.17. The molecule has 98 valence electrons. The van der Waals surface area contributed by atoms with Crippen molar-refractivity contribution in [3.8, 4) is 0 Å². The van der Waals surface area contributed by atoms with Crippen LogP contribution in [-0.2, 0) is 0 Å². The Labute approximate surface area is 103 Å². The van der Waals surface area contributed by atoms with E-state index in [-0.39, 0.29) is 0 Å². The van der Waals surface area contributed by atoms with Crippen molar-refractivity contribution in [2.75, 3.05) is 26.2 Å². The van der Waals surface area contributed by atoms with Gasteiger partial charge in [0.25, 0.3) is 0 Å². The van der Waals surface area contributed by atoms with Gasteiger partial charge in [-0.15, -0.1) is 0 Å². The van der Waals surface area contributed by atoms with Crippen molar-refractivity contribution < 1.29 is 0 Å². The van der Waals surface area contributed by atoms with E-state index in [1.807, 2.05) is 0 Å². The molecule has 2 heteroatoms. The summed E-state index contributed by atoms with van der Waals surface area (Å²) in [6.45, 7) is 14.0. The maximum Gasteiger partial charge on any atom is 0.00386 e.